The Morgan fingerprint density at radius 3 is 2.96 bits per heavy atom. The van der Waals surface area contributed by atoms with Gasteiger partial charge in [-0.3, -0.25) is 4.79 Å². The van der Waals surface area contributed by atoms with E-state index < -0.39 is 0 Å². The van der Waals surface area contributed by atoms with Crippen molar-refractivity contribution in [1.82, 2.24) is 14.7 Å². The monoisotopic (exact) mass is 311 g/mol. The summed E-state index contributed by atoms with van der Waals surface area (Å²) in [5.41, 5.74) is 1.87. The van der Waals surface area contributed by atoms with E-state index >= 15 is 0 Å². The van der Waals surface area contributed by atoms with Crippen LogP contribution >= 0.6 is 0 Å². The van der Waals surface area contributed by atoms with Gasteiger partial charge in [-0.05, 0) is 37.0 Å². The molecule has 1 saturated heterocycles. The maximum Gasteiger partial charge on any atom is 0.246 e. The molecule has 1 aromatic carbocycles. The minimum absolute atomic E-state index is 0.00406. The predicted molar refractivity (Wildman–Crippen MR) is 89.0 cm³/mol. The second kappa shape index (κ2) is 7.24. The number of piperidine rings is 1. The van der Waals surface area contributed by atoms with Crippen LogP contribution in [0, 0.1) is 5.92 Å². The van der Waals surface area contributed by atoms with Crippen molar-refractivity contribution in [3.63, 3.8) is 0 Å². The Kier molecular flexibility index (Phi) is 4.88. The fraction of sp³-hybridized carbons (Fsp3) is 0.333. The van der Waals surface area contributed by atoms with Crippen molar-refractivity contribution in [3.05, 3.63) is 54.4 Å². The van der Waals surface area contributed by atoms with Crippen molar-refractivity contribution in [2.75, 3.05) is 19.7 Å². The van der Waals surface area contributed by atoms with Crippen molar-refractivity contribution in [1.29, 1.82) is 0 Å². The smallest absolute Gasteiger partial charge is 0.246 e. The van der Waals surface area contributed by atoms with Crippen LogP contribution in [-0.2, 0) is 4.79 Å². The lowest BCUT2D eigenvalue weighted by atomic mass is 9.99. The van der Waals surface area contributed by atoms with Gasteiger partial charge < -0.3 is 10.0 Å². The van der Waals surface area contributed by atoms with Gasteiger partial charge in [0.15, 0.2) is 0 Å². The molecule has 2 heterocycles. The first-order chi connectivity index (χ1) is 11.3. The zero-order valence-electron chi connectivity index (χ0n) is 13.0. The van der Waals surface area contributed by atoms with Crippen molar-refractivity contribution in [2.24, 2.45) is 5.92 Å². The highest BCUT2D eigenvalue weighted by atomic mass is 16.3. The Morgan fingerprint density at radius 1 is 1.35 bits per heavy atom. The third-order valence-corrected chi connectivity index (χ3v) is 4.13. The third kappa shape index (κ3) is 3.87. The number of hydrogen-bond donors (Lipinski definition) is 1. The quantitative estimate of drug-likeness (QED) is 0.880. The van der Waals surface area contributed by atoms with Gasteiger partial charge in [0.25, 0.3) is 0 Å². The largest absolute Gasteiger partial charge is 0.396 e. The molecular weight excluding hydrogens is 290 g/mol. The number of carbonyl (C=O) groups is 1. The molecule has 1 N–H and O–H groups in total. The van der Waals surface area contributed by atoms with Crippen LogP contribution in [0.15, 0.2) is 48.8 Å². The number of hydrogen-bond acceptors (Lipinski definition) is 3. The van der Waals surface area contributed by atoms with Crippen LogP contribution in [0.25, 0.3) is 11.8 Å². The zero-order valence-corrected chi connectivity index (χ0v) is 13.0. The van der Waals surface area contributed by atoms with Crippen LogP contribution in [0.1, 0.15) is 18.4 Å². The molecule has 23 heavy (non-hydrogen) atoms. The average Bonchev–Trinajstić information content (AvgIpc) is 3.09. The molecule has 0 bridgehead atoms. The van der Waals surface area contributed by atoms with Crippen LogP contribution in [0.4, 0.5) is 0 Å². The second-order valence-corrected chi connectivity index (χ2v) is 5.86. The Bertz CT molecular complexity index is 679. The molecule has 1 aliphatic heterocycles. The summed E-state index contributed by atoms with van der Waals surface area (Å²) < 4.78 is 1.78. The first kappa shape index (κ1) is 15.5. The van der Waals surface area contributed by atoms with E-state index in [1.807, 2.05) is 41.4 Å². The summed E-state index contributed by atoms with van der Waals surface area (Å²) in [6.07, 6.45) is 8.96. The fourth-order valence-electron chi connectivity index (χ4n) is 2.83. The van der Waals surface area contributed by atoms with E-state index in [4.69, 9.17) is 0 Å². The van der Waals surface area contributed by atoms with Gasteiger partial charge in [0.05, 0.1) is 11.9 Å². The fourth-order valence-corrected chi connectivity index (χ4v) is 2.83. The van der Waals surface area contributed by atoms with Crippen molar-refractivity contribution < 1.29 is 9.90 Å². The molecule has 0 saturated carbocycles. The average molecular weight is 311 g/mol. The maximum atomic E-state index is 12.2. The highest BCUT2D eigenvalue weighted by Gasteiger charge is 2.21. The van der Waals surface area contributed by atoms with Gasteiger partial charge in [0, 0.05) is 37.5 Å². The molecule has 1 aliphatic rings. The lowest BCUT2D eigenvalue weighted by Gasteiger charge is -2.31. The van der Waals surface area contributed by atoms with E-state index in [1.54, 1.807) is 23.0 Å². The number of benzene rings is 1. The van der Waals surface area contributed by atoms with Crippen LogP contribution in [0.2, 0.25) is 0 Å². The van der Waals surface area contributed by atoms with E-state index in [0.29, 0.717) is 6.54 Å². The minimum Gasteiger partial charge on any atom is -0.396 e. The number of amides is 1. The highest BCUT2D eigenvalue weighted by molar-refractivity contribution is 5.91. The van der Waals surface area contributed by atoms with E-state index in [-0.39, 0.29) is 18.4 Å². The number of para-hydroxylation sites is 1. The molecule has 0 radical (unpaired) electrons. The van der Waals surface area contributed by atoms with Crippen LogP contribution < -0.4 is 0 Å². The molecule has 1 aromatic heterocycles. The van der Waals surface area contributed by atoms with E-state index in [1.165, 1.54) is 0 Å². The van der Waals surface area contributed by atoms with E-state index in [0.717, 1.165) is 30.6 Å². The molecule has 1 fully saturated rings. The molecule has 120 valence electrons. The second-order valence-electron chi connectivity index (χ2n) is 5.86. The third-order valence-electron chi connectivity index (χ3n) is 4.13. The SMILES string of the molecule is O=C(/C=C/c1cnn(-c2ccccc2)c1)N1CCCC(CO)C1. The van der Waals surface area contributed by atoms with Crippen molar-refractivity contribution in [3.8, 4) is 5.69 Å². The van der Waals surface area contributed by atoms with Crippen LogP contribution in [0.5, 0.6) is 0 Å². The Balaban J connectivity index is 1.64. The molecule has 1 amide bonds. The molecular formula is C18H21N3O2. The predicted octanol–water partition coefficient (Wildman–Crippen LogP) is 2.12. The lowest BCUT2D eigenvalue weighted by molar-refractivity contribution is -0.127. The molecule has 5 nitrogen and oxygen atoms in total. The normalized spacial score (nSPS) is 18.5. The van der Waals surface area contributed by atoms with Crippen molar-refractivity contribution >= 4 is 12.0 Å². The zero-order chi connectivity index (χ0) is 16.1. The van der Waals surface area contributed by atoms with Gasteiger partial charge in [0.1, 0.15) is 0 Å². The minimum atomic E-state index is -0.00406. The summed E-state index contributed by atoms with van der Waals surface area (Å²) in [7, 11) is 0. The summed E-state index contributed by atoms with van der Waals surface area (Å²) in [6, 6.07) is 9.85. The Morgan fingerprint density at radius 2 is 2.17 bits per heavy atom. The Labute approximate surface area is 135 Å². The maximum absolute atomic E-state index is 12.2. The van der Waals surface area contributed by atoms with Crippen LogP contribution in [0.3, 0.4) is 0 Å². The molecule has 2 aromatic rings. The lowest BCUT2D eigenvalue weighted by Crippen LogP contribution is -2.40. The van der Waals surface area contributed by atoms with E-state index in [9.17, 15) is 9.90 Å². The van der Waals surface area contributed by atoms with Crippen LogP contribution in [-0.4, -0.2) is 45.4 Å². The number of rotatable bonds is 4. The molecule has 0 aliphatic carbocycles. The molecule has 3 rings (SSSR count). The molecule has 0 spiro atoms. The topological polar surface area (TPSA) is 58.4 Å². The molecule has 1 unspecified atom stereocenters. The van der Waals surface area contributed by atoms with Gasteiger partial charge in [0.2, 0.25) is 5.91 Å². The number of likely N-dealkylation sites (tertiary alicyclic amines) is 1. The summed E-state index contributed by atoms with van der Waals surface area (Å²) in [5, 5.41) is 13.6. The summed E-state index contributed by atoms with van der Waals surface area (Å²) in [5.74, 6) is 0.206. The summed E-state index contributed by atoms with van der Waals surface area (Å²) in [6.45, 7) is 1.56. The number of aliphatic hydroxyl groups excluding tert-OH is 1. The highest BCUT2D eigenvalue weighted by Crippen LogP contribution is 2.16. The van der Waals surface area contributed by atoms with Gasteiger partial charge >= 0.3 is 0 Å². The molecule has 1 atom stereocenters. The Hall–Kier alpha value is -2.40. The number of aliphatic hydroxyl groups is 1. The van der Waals surface area contributed by atoms with Crippen molar-refractivity contribution in [2.45, 2.75) is 12.8 Å². The standard InChI is InChI=1S/C18H21N3O2/c22-14-16-5-4-10-20(12-16)18(23)9-8-15-11-19-21(13-15)17-6-2-1-3-7-17/h1-3,6-9,11,13,16,22H,4-5,10,12,14H2/b9-8+. The van der Waals surface area contributed by atoms with E-state index in [2.05, 4.69) is 5.10 Å². The van der Waals surface area contributed by atoms with Gasteiger partial charge in [-0.2, -0.15) is 5.10 Å². The first-order valence-electron chi connectivity index (χ1n) is 7.94. The van der Waals surface area contributed by atoms with Gasteiger partial charge in [-0.15, -0.1) is 0 Å². The first-order valence-corrected chi connectivity index (χ1v) is 7.94. The molecule has 5 heteroatoms. The van der Waals surface area contributed by atoms with Gasteiger partial charge in [-0.25, -0.2) is 4.68 Å². The van der Waals surface area contributed by atoms with Gasteiger partial charge in [-0.1, -0.05) is 18.2 Å². The number of aromatic nitrogens is 2. The number of nitrogens with zero attached hydrogens (tertiary/aromatic N) is 3. The number of carbonyl (C=O) groups excluding carboxylic acids is 1. The summed E-state index contributed by atoms with van der Waals surface area (Å²) >= 11 is 0. The summed E-state index contributed by atoms with van der Waals surface area (Å²) in [4.78, 5) is 14.0.